The van der Waals surface area contributed by atoms with Gasteiger partial charge in [-0.1, -0.05) is 12.1 Å². The molecule has 4 aromatic rings. The quantitative estimate of drug-likeness (QED) is 0.277. The van der Waals surface area contributed by atoms with Gasteiger partial charge in [-0.25, -0.2) is 4.98 Å². The molecule has 4 rings (SSSR count). The number of nitrogens with zero attached hydrogens (tertiary/aromatic N) is 1. The molecule has 200 valence electrons. The molecule has 0 fully saturated rings. The van der Waals surface area contributed by atoms with E-state index >= 15 is 0 Å². The van der Waals surface area contributed by atoms with Crippen LogP contribution in [0.5, 0.6) is 17.2 Å². The molecule has 11 heteroatoms. The summed E-state index contributed by atoms with van der Waals surface area (Å²) in [6.07, 6.45) is 2.84. The highest BCUT2D eigenvalue weighted by Crippen LogP contribution is 2.32. The van der Waals surface area contributed by atoms with Crippen molar-refractivity contribution in [3.05, 3.63) is 84.4 Å². The van der Waals surface area contributed by atoms with Gasteiger partial charge in [0.15, 0.2) is 23.7 Å². The molecule has 0 spiro atoms. The Morgan fingerprint density at radius 2 is 1.51 bits per heavy atom. The van der Waals surface area contributed by atoms with Crippen molar-refractivity contribution in [1.82, 2.24) is 10.3 Å². The van der Waals surface area contributed by atoms with E-state index in [4.69, 9.17) is 18.6 Å². The molecular weight excluding hydrogens is 504 g/mol. The predicted molar refractivity (Wildman–Crippen MR) is 143 cm³/mol. The van der Waals surface area contributed by atoms with Gasteiger partial charge in [0.25, 0.3) is 5.91 Å². The third-order valence-electron chi connectivity index (χ3n) is 5.65. The Kier molecular flexibility index (Phi) is 8.42. The first-order chi connectivity index (χ1) is 18.9. The van der Waals surface area contributed by atoms with Crippen LogP contribution in [0.1, 0.15) is 15.9 Å². The lowest BCUT2D eigenvalue weighted by atomic mass is 10.1. The fourth-order valence-corrected chi connectivity index (χ4v) is 3.72. The molecule has 39 heavy (non-hydrogen) atoms. The predicted octanol–water partition coefficient (Wildman–Crippen LogP) is 3.87. The Balaban J connectivity index is 1.35. The minimum atomic E-state index is -0.864. The first-order valence-corrected chi connectivity index (χ1v) is 11.7. The van der Waals surface area contributed by atoms with E-state index in [9.17, 15) is 14.4 Å². The molecule has 0 aliphatic carbocycles. The number of amides is 3. The number of rotatable bonds is 9. The fraction of sp³-hybridized carbons (Fsp3) is 0.143. The Morgan fingerprint density at radius 1 is 0.795 bits per heavy atom. The van der Waals surface area contributed by atoms with E-state index in [1.807, 2.05) is 0 Å². The lowest BCUT2D eigenvalue weighted by Gasteiger charge is -2.11. The highest BCUT2D eigenvalue weighted by Gasteiger charge is 2.17. The fourth-order valence-electron chi connectivity index (χ4n) is 3.72. The summed E-state index contributed by atoms with van der Waals surface area (Å²) in [7, 11) is 4.49. The Hall–Kier alpha value is -5.32. The zero-order chi connectivity index (χ0) is 27.8. The number of hydrogen-bond donors (Lipinski definition) is 3. The van der Waals surface area contributed by atoms with Crippen molar-refractivity contribution >= 4 is 29.1 Å². The van der Waals surface area contributed by atoms with Gasteiger partial charge in [0.05, 0.1) is 33.1 Å². The molecule has 0 bridgehead atoms. The van der Waals surface area contributed by atoms with E-state index in [2.05, 4.69) is 20.9 Å². The van der Waals surface area contributed by atoms with E-state index in [0.29, 0.717) is 45.5 Å². The van der Waals surface area contributed by atoms with Gasteiger partial charge in [0.2, 0.25) is 0 Å². The van der Waals surface area contributed by atoms with Crippen LogP contribution in [0.3, 0.4) is 0 Å². The van der Waals surface area contributed by atoms with Gasteiger partial charge >= 0.3 is 11.8 Å². The van der Waals surface area contributed by atoms with Gasteiger partial charge in [-0.2, -0.15) is 0 Å². The number of hydrogen-bond acceptors (Lipinski definition) is 8. The van der Waals surface area contributed by atoms with Gasteiger partial charge in [-0.3, -0.25) is 14.4 Å². The minimum absolute atomic E-state index is 0.195. The SMILES string of the molecule is COc1ccc(C(=O)NCc2cccc(NC(=O)C(=O)Nc3ccc(-c4cnco4)c(OC)c3)c2)cc1OC. The van der Waals surface area contributed by atoms with Crippen molar-refractivity contribution < 1.29 is 33.0 Å². The Bertz CT molecular complexity index is 1490. The molecule has 0 saturated carbocycles. The summed E-state index contributed by atoms with van der Waals surface area (Å²) >= 11 is 0. The monoisotopic (exact) mass is 530 g/mol. The number of carbonyl (C=O) groups is 3. The van der Waals surface area contributed by atoms with E-state index < -0.39 is 11.8 Å². The number of aromatic nitrogens is 1. The van der Waals surface area contributed by atoms with E-state index in [1.165, 1.54) is 27.7 Å². The average molecular weight is 531 g/mol. The van der Waals surface area contributed by atoms with Crippen molar-refractivity contribution in [2.45, 2.75) is 6.54 Å². The number of anilines is 2. The second-order valence-electron chi connectivity index (χ2n) is 8.14. The zero-order valence-electron chi connectivity index (χ0n) is 21.4. The summed E-state index contributed by atoms with van der Waals surface area (Å²) in [5, 5.41) is 7.92. The third kappa shape index (κ3) is 6.52. The lowest BCUT2D eigenvalue weighted by Crippen LogP contribution is -2.29. The Morgan fingerprint density at radius 3 is 2.18 bits per heavy atom. The third-order valence-corrected chi connectivity index (χ3v) is 5.65. The largest absolute Gasteiger partial charge is 0.496 e. The normalized spacial score (nSPS) is 10.3. The summed E-state index contributed by atoms with van der Waals surface area (Å²) in [5.74, 6) is -0.137. The number of nitrogens with one attached hydrogen (secondary N) is 3. The van der Waals surface area contributed by atoms with Gasteiger partial charge in [-0.05, 0) is 48.0 Å². The Labute approximate surface area is 224 Å². The highest BCUT2D eigenvalue weighted by molar-refractivity contribution is 6.43. The van der Waals surface area contributed by atoms with Crippen LogP contribution in [-0.2, 0) is 16.1 Å². The topological polar surface area (TPSA) is 141 Å². The second-order valence-corrected chi connectivity index (χ2v) is 8.14. The van der Waals surface area contributed by atoms with Crippen molar-refractivity contribution in [2.75, 3.05) is 32.0 Å². The first kappa shape index (κ1) is 26.7. The molecule has 3 amide bonds. The van der Waals surface area contributed by atoms with Gasteiger partial charge < -0.3 is 34.6 Å². The maximum Gasteiger partial charge on any atom is 0.314 e. The van der Waals surface area contributed by atoms with Crippen molar-refractivity contribution in [1.29, 1.82) is 0 Å². The molecule has 0 radical (unpaired) electrons. The molecule has 0 saturated heterocycles. The van der Waals surface area contributed by atoms with Crippen LogP contribution in [-0.4, -0.2) is 44.0 Å². The number of methoxy groups -OCH3 is 3. The summed E-state index contributed by atoms with van der Waals surface area (Å²) < 4.78 is 21.1. The number of oxazole rings is 1. The molecule has 0 aliphatic heterocycles. The maximum absolute atomic E-state index is 12.6. The smallest absolute Gasteiger partial charge is 0.314 e. The van der Waals surface area contributed by atoms with E-state index in [0.717, 1.165) is 5.56 Å². The van der Waals surface area contributed by atoms with Gasteiger partial charge in [0, 0.05) is 29.5 Å². The highest BCUT2D eigenvalue weighted by atomic mass is 16.5. The van der Waals surface area contributed by atoms with Crippen LogP contribution >= 0.6 is 0 Å². The summed E-state index contributed by atoms with van der Waals surface area (Å²) in [6.45, 7) is 0.195. The molecular formula is C28H26N4O7. The molecule has 1 heterocycles. The lowest BCUT2D eigenvalue weighted by molar-refractivity contribution is -0.132. The maximum atomic E-state index is 12.6. The molecule has 0 unspecified atom stereocenters. The van der Waals surface area contributed by atoms with Crippen molar-refractivity contribution in [3.8, 4) is 28.6 Å². The van der Waals surface area contributed by atoms with Crippen LogP contribution in [0.4, 0.5) is 11.4 Å². The van der Waals surface area contributed by atoms with Crippen LogP contribution < -0.4 is 30.2 Å². The first-order valence-electron chi connectivity index (χ1n) is 11.7. The minimum Gasteiger partial charge on any atom is -0.496 e. The van der Waals surface area contributed by atoms with Gasteiger partial charge in [-0.15, -0.1) is 0 Å². The average Bonchev–Trinajstić information content (AvgIpc) is 3.50. The molecule has 0 aliphatic rings. The standard InChI is InChI=1S/C28H26N4O7/c1-36-22-10-7-18(12-24(22)38-3)26(33)30-14-17-5-4-6-19(11-17)31-27(34)28(35)32-20-8-9-21(23(13-20)37-2)25-15-29-16-39-25/h4-13,15-16H,14H2,1-3H3,(H,30,33)(H,31,34)(H,32,35). The van der Waals surface area contributed by atoms with Crippen molar-refractivity contribution in [2.24, 2.45) is 0 Å². The van der Waals surface area contributed by atoms with Crippen LogP contribution in [0, 0.1) is 0 Å². The summed E-state index contributed by atoms with van der Waals surface area (Å²) in [5.41, 5.74) is 2.52. The number of ether oxygens (including phenoxy) is 3. The van der Waals surface area contributed by atoms with Crippen molar-refractivity contribution in [3.63, 3.8) is 0 Å². The second kappa shape index (κ2) is 12.3. The number of carbonyl (C=O) groups excluding carboxylic acids is 3. The van der Waals surface area contributed by atoms with Gasteiger partial charge in [0.1, 0.15) is 5.75 Å². The zero-order valence-corrected chi connectivity index (χ0v) is 21.4. The van der Waals surface area contributed by atoms with Crippen LogP contribution in [0.2, 0.25) is 0 Å². The molecule has 3 N–H and O–H groups in total. The molecule has 11 nitrogen and oxygen atoms in total. The molecule has 1 aromatic heterocycles. The summed E-state index contributed by atoms with van der Waals surface area (Å²) in [6, 6.07) is 16.5. The number of benzene rings is 3. The van der Waals surface area contributed by atoms with Crippen LogP contribution in [0.15, 0.2) is 77.7 Å². The van der Waals surface area contributed by atoms with Crippen LogP contribution in [0.25, 0.3) is 11.3 Å². The van der Waals surface area contributed by atoms with E-state index in [-0.39, 0.29) is 12.5 Å². The summed E-state index contributed by atoms with van der Waals surface area (Å²) in [4.78, 5) is 41.5. The van der Waals surface area contributed by atoms with E-state index in [1.54, 1.807) is 66.9 Å². The molecule has 3 aromatic carbocycles. The molecule has 0 atom stereocenters.